The van der Waals surface area contributed by atoms with E-state index in [4.69, 9.17) is 4.74 Å². The van der Waals surface area contributed by atoms with Crippen LogP contribution in [0.1, 0.15) is 46.2 Å². The molecule has 0 bridgehead atoms. The lowest BCUT2D eigenvalue weighted by Gasteiger charge is -2.20. The average molecular weight is 328 g/mol. The van der Waals surface area contributed by atoms with Crippen LogP contribution in [0.5, 0.6) is 5.75 Å². The number of hydrogen-bond acceptors (Lipinski definition) is 2. The number of aryl methyl sites for hydroxylation is 1. The molecule has 2 aromatic rings. The molecule has 0 radical (unpaired) electrons. The predicted octanol–water partition coefficient (Wildman–Crippen LogP) is 3.61. The largest absolute Gasteiger partial charge is 0.491 e. The molecule has 0 N–H and O–H groups in total. The number of nitrogens with zero attached hydrogens (tertiary/aromatic N) is 2. The molecule has 1 aliphatic heterocycles. The fourth-order valence-electron chi connectivity index (χ4n) is 3.59. The third-order valence-electron chi connectivity index (χ3n) is 4.92. The number of carbonyl (C=O) groups excluding carboxylic acids is 1. The first-order valence-corrected chi connectivity index (χ1v) is 8.43. The van der Waals surface area contributed by atoms with E-state index in [0.717, 1.165) is 22.5 Å². The minimum atomic E-state index is -0.307. The van der Waals surface area contributed by atoms with Crippen LogP contribution >= 0.6 is 0 Å². The van der Waals surface area contributed by atoms with Gasteiger partial charge in [-0.1, -0.05) is 0 Å². The summed E-state index contributed by atoms with van der Waals surface area (Å²) in [6, 6.07) is 7.01. The highest BCUT2D eigenvalue weighted by Gasteiger charge is 2.30. The second-order valence-electron chi connectivity index (χ2n) is 6.71. The van der Waals surface area contributed by atoms with Crippen LogP contribution in [0.25, 0.3) is 0 Å². The summed E-state index contributed by atoms with van der Waals surface area (Å²) in [7, 11) is 0. The Morgan fingerprint density at radius 1 is 1.25 bits per heavy atom. The molecular formula is C19H21FN2O2. The molecule has 0 saturated heterocycles. The van der Waals surface area contributed by atoms with Crippen molar-refractivity contribution in [3.8, 4) is 5.75 Å². The van der Waals surface area contributed by atoms with Crippen molar-refractivity contribution in [3.05, 3.63) is 52.6 Å². The second-order valence-corrected chi connectivity index (χ2v) is 6.71. The highest BCUT2D eigenvalue weighted by atomic mass is 19.1. The van der Waals surface area contributed by atoms with Crippen molar-refractivity contribution in [1.29, 1.82) is 0 Å². The predicted molar refractivity (Wildman–Crippen MR) is 88.8 cm³/mol. The molecule has 4 nitrogen and oxygen atoms in total. The average Bonchev–Trinajstić information content (AvgIpc) is 3.35. The molecule has 0 atom stereocenters. The number of carbonyl (C=O) groups is 1. The number of amides is 1. The van der Waals surface area contributed by atoms with Gasteiger partial charge < -0.3 is 14.2 Å². The van der Waals surface area contributed by atoms with Crippen LogP contribution in [0.15, 0.2) is 24.3 Å². The molecular weight excluding hydrogens is 307 g/mol. The Balaban J connectivity index is 1.64. The Morgan fingerprint density at radius 3 is 2.79 bits per heavy atom. The molecule has 0 unspecified atom stereocenters. The lowest BCUT2D eigenvalue weighted by Crippen LogP contribution is -2.32. The van der Waals surface area contributed by atoms with Gasteiger partial charge in [-0.25, -0.2) is 4.39 Å². The van der Waals surface area contributed by atoms with Crippen molar-refractivity contribution in [2.75, 3.05) is 13.2 Å². The van der Waals surface area contributed by atoms with Gasteiger partial charge in [0.1, 0.15) is 18.2 Å². The lowest BCUT2D eigenvalue weighted by molar-refractivity contribution is 0.0732. The van der Waals surface area contributed by atoms with Gasteiger partial charge in [-0.3, -0.25) is 4.79 Å². The second kappa shape index (κ2) is 5.65. The van der Waals surface area contributed by atoms with Gasteiger partial charge in [0.05, 0.1) is 12.1 Å². The normalized spacial score (nSPS) is 17.2. The summed E-state index contributed by atoms with van der Waals surface area (Å²) in [5.41, 5.74) is 3.64. The zero-order chi connectivity index (χ0) is 16.8. The van der Waals surface area contributed by atoms with Crippen molar-refractivity contribution >= 4 is 5.91 Å². The van der Waals surface area contributed by atoms with E-state index in [-0.39, 0.29) is 11.7 Å². The van der Waals surface area contributed by atoms with Gasteiger partial charge in [0.2, 0.25) is 0 Å². The molecule has 5 heteroatoms. The maximum atomic E-state index is 13.5. The minimum absolute atomic E-state index is 0.00397. The fourth-order valence-corrected chi connectivity index (χ4v) is 3.59. The molecule has 0 spiro atoms. The first kappa shape index (κ1) is 15.2. The summed E-state index contributed by atoms with van der Waals surface area (Å²) >= 11 is 0. The molecule has 2 aliphatic rings. The standard InChI is InChI=1S/C19H21FN2O2/c1-12-9-17(13(2)22(12)16-4-5-16)19(23)21-7-8-24-18-6-3-15(20)10-14(18)11-21/h3,6,9-10,16H,4-5,7-8,11H2,1-2H3. The van der Waals surface area contributed by atoms with Crippen molar-refractivity contribution in [2.45, 2.75) is 39.3 Å². The minimum Gasteiger partial charge on any atom is -0.491 e. The summed E-state index contributed by atoms with van der Waals surface area (Å²) in [5, 5.41) is 0. The van der Waals surface area contributed by atoms with E-state index in [9.17, 15) is 9.18 Å². The van der Waals surface area contributed by atoms with Crippen LogP contribution in [-0.4, -0.2) is 28.5 Å². The third-order valence-corrected chi connectivity index (χ3v) is 4.92. The first-order chi connectivity index (χ1) is 11.5. The summed E-state index contributed by atoms with van der Waals surface area (Å²) in [4.78, 5) is 14.8. The van der Waals surface area contributed by atoms with Gasteiger partial charge in [0, 0.05) is 29.5 Å². The number of rotatable bonds is 2. The molecule has 1 saturated carbocycles. The summed E-state index contributed by atoms with van der Waals surface area (Å²) in [5.74, 6) is 0.351. The summed E-state index contributed by atoms with van der Waals surface area (Å²) < 4.78 is 21.5. The first-order valence-electron chi connectivity index (χ1n) is 8.43. The van der Waals surface area contributed by atoms with E-state index in [1.54, 1.807) is 11.0 Å². The maximum Gasteiger partial charge on any atom is 0.256 e. The quantitative estimate of drug-likeness (QED) is 0.844. The van der Waals surface area contributed by atoms with Gasteiger partial charge in [0.15, 0.2) is 0 Å². The van der Waals surface area contributed by atoms with Crippen molar-refractivity contribution in [3.63, 3.8) is 0 Å². The van der Waals surface area contributed by atoms with Crippen LogP contribution in [0, 0.1) is 19.7 Å². The smallest absolute Gasteiger partial charge is 0.256 e. The topological polar surface area (TPSA) is 34.5 Å². The number of halogens is 1. The van der Waals surface area contributed by atoms with E-state index < -0.39 is 0 Å². The van der Waals surface area contributed by atoms with Crippen LogP contribution in [-0.2, 0) is 6.54 Å². The van der Waals surface area contributed by atoms with Crippen LogP contribution in [0.4, 0.5) is 4.39 Å². The number of ether oxygens (including phenoxy) is 1. The van der Waals surface area contributed by atoms with Gasteiger partial charge in [-0.05, 0) is 51.0 Å². The van der Waals surface area contributed by atoms with Gasteiger partial charge in [0.25, 0.3) is 5.91 Å². The van der Waals surface area contributed by atoms with Gasteiger partial charge in [-0.15, -0.1) is 0 Å². The molecule has 1 aromatic carbocycles. The van der Waals surface area contributed by atoms with E-state index >= 15 is 0 Å². The molecule has 1 aliphatic carbocycles. The molecule has 1 aromatic heterocycles. The van der Waals surface area contributed by atoms with E-state index in [0.29, 0.717) is 31.5 Å². The zero-order valence-corrected chi connectivity index (χ0v) is 14.0. The highest BCUT2D eigenvalue weighted by Crippen LogP contribution is 2.38. The van der Waals surface area contributed by atoms with E-state index in [2.05, 4.69) is 11.5 Å². The Bertz CT molecular complexity index is 808. The molecule has 2 heterocycles. The third kappa shape index (κ3) is 2.58. The van der Waals surface area contributed by atoms with Crippen LogP contribution < -0.4 is 4.74 Å². The van der Waals surface area contributed by atoms with Crippen LogP contribution in [0.2, 0.25) is 0 Å². The Hall–Kier alpha value is -2.30. The molecule has 4 rings (SSSR count). The molecule has 126 valence electrons. The van der Waals surface area contributed by atoms with Crippen molar-refractivity contribution < 1.29 is 13.9 Å². The number of fused-ring (bicyclic) bond motifs is 1. The Kier molecular flexibility index (Phi) is 3.59. The summed E-state index contributed by atoms with van der Waals surface area (Å²) in [6.07, 6.45) is 2.38. The van der Waals surface area contributed by atoms with Gasteiger partial charge >= 0.3 is 0 Å². The molecule has 1 amide bonds. The Morgan fingerprint density at radius 2 is 2.04 bits per heavy atom. The summed E-state index contributed by atoms with van der Waals surface area (Å²) in [6.45, 7) is 5.37. The van der Waals surface area contributed by atoms with E-state index in [1.807, 2.05) is 13.0 Å². The van der Waals surface area contributed by atoms with Crippen LogP contribution in [0.3, 0.4) is 0 Å². The fraction of sp³-hybridized carbons (Fsp3) is 0.421. The zero-order valence-electron chi connectivity index (χ0n) is 14.0. The Labute approximate surface area is 140 Å². The SMILES string of the molecule is Cc1cc(C(=O)N2CCOc3ccc(F)cc3C2)c(C)n1C1CC1. The molecule has 1 fully saturated rings. The maximum absolute atomic E-state index is 13.5. The number of hydrogen-bond donors (Lipinski definition) is 0. The molecule has 24 heavy (non-hydrogen) atoms. The number of benzene rings is 1. The van der Waals surface area contributed by atoms with Crippen molar-refractivity contribution in [1.82, 2.24) is 9.47 Å². The van der Waals surface area contributed by atoms with Crippen molar-refractivity contribution in [2.24, 2.45) is 0 Å². The monoisotopic (exact) mass is 328 g/mol. The van der Waals surface area contributed by atoms with E-state index in [1.165, 1.54) is 25.0 Å². The number of aromatic nitrogens is 1. The lowest BCUT2D eigenvalue weighted by atomic mass is 10.1. The van der Waals surface area contributed by atoms with Gasteiger partial charge in [-0.2, -0.15) is 0 Å². The highest BCUT2D eigenvalue weighted by molar-refractivity contribution is 5.95.